The van der Waals surface area contributed by atoms with Crippen LogP contribution < -0.4 is 0 Å². The third-order valence-corrected chi connectivity index (χ3v) is 4.42. The Morgan fingerprint density at radius 3 is 2.31 bits per heavy atom. The van der Waals surface area contributed by atoms with Crippen LogP contribution in [0.25, 0.3) is 0 Å². The van der Waals surface area contributed by atoms with E-state index in [1.807, 2.05) is 11.1 Å². The monoisotopic (exact) mass is 178 g/mol. The molecule has 0 spiro atoms. The van der Waals surface area contributed by atoms with E-state index in [1.54, 1.807) is 0 Å². The third kappa shape index (κ3) is 1.35. The summed E-state index contributed by atoms with van der Waals surface area (Å²) in [5.74, 6) is 0.954. The van der Waals surface area contributed by atoms with Gasteiger partial charge in [0.05, 0.1) is 0 Å². The fourth-order valence-corrected chi connectivity index (χ4v) is 3.25. The van der Waals surface area contributed by atoms with Crippen LogP contribution in [-0.2, 0) is 0 Å². The van der Waals surface area contributed by atoms with Gasteiger partial charge < -0.3 is 0 Å². The fraction of sp³-hybridized carbons (Fsp3) is 0.846. The van der Waals surface area contributed by atoms with E-state index in [-0.39, 0.29) is 0 Å². The van der Waals surface area contributed by atoms with Crippen molar-refractivity contribution < 1.29 is 0 Å². The molecule has 74 valence electrons. The van der Waals surface area contributed by atoms with Crippen molar-refractivity contribution in [3.05, 3.63) is 11.1 Å². The van der Waals surface area contributed by atoms with Crippen molar-refractivity contribution in [1.29, 1.82) is 0 Å². The maximum absolute atomic E-state index is 2.47. The van der Waals surface area contributed by atoms with Gasteiger partial charge in [0, 0.05) is 0 Å². The van der Waals surface area contributed by atoms with E-state index in [4.69, 9.17) is 0 Å². The average molecular weight is 178 g/mol. The van der Waals surface area contributed by atoms with Crippen molar-refractivity contribution in [1.82, 2.24) is 0 Å². The summed E-state index contributed by atoms with van der Waals surface area (Å²) in [5, 5.41) is 0. The van der Waals surface area contributed by atoms with Crippen molar-refractivity contribution in [2.24, 2.45) is 11.3 Å². The Kier molecular flexibility index (Phi) is 2.25. The summed E-state index contributed by atoms with van der Waals surface area (Å²) in [7, 11) is 0. The molecule has 1 unspecified atom stereocenters. The van der Waals surface area contributed by atoms with Gasteiger partial charge in [0.2, 0.25) is 0 Å². The minimum absolute atomic E-state index is 0.532. The number of rotatable bonds is 1. The van der Waals surface area contributed by atoms with Gasteiger partial charge in [-0.1, -0.05) is 38.3 Å². The van der Waals surface area contributed by atoms with Gasteiger partial charge >= 0.3 is 0 Å². The Balaban J connectivity index is 2.23. The first-order chi connectivity index (χ1) is 6.16. The third-order valence-electron chi connectivity index (χ3n) is 4.42. The van der Waals surface area contributed by atoms with Crippen LogP contribution in [0.4, 0.5) is 0 Å². The summed E-state index contributed by atoms with van der Waals surface area (Å²) in [6, 6.07) is 0. The fourth-order valence-electron chi connectivity index (χ4n) is 3.25. The van der Waals surface area contributed by atoms with Crippen molar-refractivity contribution >= 4 is 0 Å². The lowest BCUT2D eigenvalue weighted by atomic mass is 9.73. The Hall–Kier alpha value is -0.260. The van der Waals surface area contributed by atoms with Gasteiger partial charge in [-0.15, -0.1) is 0 Å². The van der Waals surface area contributed by atoms with Crippen LogP contribution >= 0.6 is 0 Å². The Labute approximate surface area is 82.4 Å². The molecule has 0 heteroatoms. The molecule has 0 aromatic rings. The van der Waals surface area contributed by atoms with Gasteiger partial charge in [0.1, 0.15) is 0 Å². The largest absolute Gasteiger partial charge is 0.0704 e. The van der Waals surface area contributed by atoms with Gasteiger partial charge in [0.15, 0.2) is 0 Å². The summed E-state index contributed by atoms with van der Waals surface area (Å²) >= 11 is 0. The van der Waals surface area contributed by atoms with Gasteiger partial charge in [-0.2, -0.15) is 0 Å². The molecule has 13 heavy (non-hydrogen) atoms. The predicted octanol–water partition coefficient (Wildman–Crippen LogP) is 4.31. The first-order valence-corrected chi connectivity index (χ1v) is 5.87. The molecule has 2 rings (SSSR count). The molecule has 0 nitrogen and oxygen atoms in total. The van der Waals surface area contributed by atoms with Gasteiger partial charge in [-0.3, -0.25) is 0 Å². The van der Waals surface area contributed by atoms with Crippen LogP contribution in [0.2, 0.25) is 0 Å². The standard InChI is InChI=1S/C13H22/c1-4-11-8-9-12(13(11,2)3)10-6-5-7-10/h11H,4-9H2,1-3H3. The molecule has 0 bridgehead atoms. The maximum Gasteiger partial charge on any atom is -0.0114 e. The lowest BCUT2D eigenvalue weighted by Crippen LogP contribution is -2.21. The minimum atomic E-state index is 0.532. The highest BCUT2D eigenvalue weighted by atomic mass is 14.4. The molecule has 2 aliphatic rings. The molecule has 0 saturated heterocycles. The highest BCUT2D eigenvalue weighted by Gasteiger charge is 2.39. The molecular weight excluding hydrogens is 156 g/mol. The smallest absolute Gasteiger partial charge is 0.0114 e. The van der Waals surface area contributed by atoms with Crippen LogP contribution in [0.5, 0.6) is 0 Å². The predicted molar refractivity (Wildman–Crippen MR) is 57.7 cm³/mol. The average Bonchev–Trinajstić information content (AvgIpc) is 2.24. The molecule has 1 atom stereocenters. The number of hydrogen-bond donors (Lipinski definition) is 0. The van der Waals surface area contributed by atoms with E-state index < -0.39 is 0 Å². The molecule has 2 fully saturated rings. The molecule has 0 N–H and O–H groups in total. The van der Waals surface area contributed by atoms with E-state index in [2.05, 4.69) is 20.8 Å². The van der Waals surface area contributed by atoms with Crippen molar-refractivity contribution in [2.45, 2.75) is 59.3 Å². The van der Waals surface area contributed by atoms with E-state index in [0.29, 0.717) is 5.41 Å². The second-order valence-electron chi connectivity index (χ2n) is 5.30. The summed E-state index contributed by atoms with van der Waals surface area (Å²) in [6.45, 7) is 7.28. The Morgan fingerprint density at radius 2 is 1.92 bits per heavy atom. The lowest BCUT2D eigenvalue weighted by molar-refractivity contribution is 0.293. The van der Waals surface area contributed by atoms with Crippen molar-refractivity contribution in [3.8, 4) is 0 Å². The summed E-state index contributed by atoms with van der Waals surface area (Å²) in [5.41, 5.74) is 4.19. The zero-order chi connectivity index (χ0) is 9.47. The highest BCUT2D eigenvalue weighted by molar-refractivity contribution is 5.28. The summed E-state index contributed by atoms with van der Waals surface area (Å²) in [6.07, 6.45) is 8.49. The summed E-state index contributed by atoms with van der Waals surface area (Å²) < 4.78 is 0. The summed E-state index contributed by atoms with van der Waals surface area (Å²) in [4.78, 5) is 0. The van der Waals surface area contributed by atoms with Crippen LogP contribution in [0.1, 0.15) is 59.3 Å². The van der Waals surface area contributed by atoms with E-state index >= 15 is 0 Å². The molecule has 0 aliphatic heterocycles. The zero-order valence-electron chi connectivity index (χ0n) is 9.32. The van der Waals surface area contributed by atoms with Gasteiger partial charge in [-0.05, 0) is 43.4 Å². The quantitative estimate of drug-likeness (QED) is 0.525. The van der Waals surface area contributed by atoms with Crippen LogP contribution in [0, 0.1) is 11.3 Å². The molecular formula is C13H22. The second-order valence-corrected chi connectivity index (χ2v) is 5.30. The molecule has 0 aromatic carbocycles. The number of hydrogen-bond acceptors (Lipinski definition) is 0. The number of allylic oxidation sites excluding steroid dienone is 2. The molecule has 0 aromatic heterocycles. The first-order valence-electron chi connectivity index (χ1n) is 5.87. The topological polar surface area (TPSA) is 0 Å². The normalized spacial score (nSPS) is 32.1. The van der Waals surface area contributed by atoms with Crippen LogP contribution in [0.3, 0.4) is 0 Å². The van der Waals surface area contributed by atoms with Crippen LogP contribution in [-0.4, -0.2) is 0 Å². The lowest BCUT2D eigenvalue weighted by Gasteiger charge is -2.32. The molecule has 0 radical (unpaired) electrons. The Morgan fingerprint density at radius 1 is 1.23 bits per heavy atom. The maximum atomic E-state index is 2.47. The van der Waals surface area contributed by atoms with Crippen molar-refractivity contribution in [3.63, 3.8) is 0 Å². The Bertz CT molecular complexity index is 226. The molecule has 0 heterocycles. The van der Waals surface area contributed by atoms with Crippen LogP contribution in [0.15, 0.2) is 11.1 Å². The SMILES string of the molecule is CCC1CCC(=C2CCC2)C1(C)C. The highest BCUT2D eigenvalue weighted by Crippen LogP contribution is 2.52. The van der Waals surface area contributed by atoms with E-state index in [9.17, 15) is 0 Å². The van der Waals surface area contributed by atoms with Gasteiger partial charge in [0.25, 0.3) is 0 Å². The molecule has 2 aliphatic carbocycles. The van der Waals surface area contributed by atoms with E-state index in [1.165, 1.54) is 38.5 Å². The van der Waals surface area contributed by atoms with Gasteiger partial charge in [-0.25, -0.2) is 0 Å². The molecule has 0 amide bonds. The second kappa shape index (κ2) is 3.15. The first kappa shape index (κ1) is 9.30. The zero-order valence-corrected chi connectivity index (χ0v) is 9.32. The molecule has 2 saturated carbocycles. The van der Waals surface area contributed by atoms with E-state index in [0.717, 1.165) is 5.92 Å². The van der Waals surface area contributed by atoms with Crippen molar-refractivity contribution in [2.75, 3.05) is 0 Å². The minimum Gasteiger partial charge on any atom is -0.0704 e.